The predicted octanol–water partition coefficient (Wildman–Crippen LogP) is 0.892. The molecule has 1 aromatic carbocycles. The topological polar surface area (TPSA) is 115 Å². The monoisotopic (exact) mass is 360 g/mol. The van der Waals surface area contributed by atoms with Crippen molar-refractivity contribution < 1.29 is 9.53 Å². The van der Waals surface area contributed by atoms with Gasteiger partial charge in [-0.25, -0.2) is 10.1 Å². The van der Waals surface area contributed by atoms with Crippen LogP contribution in [-0.2, 0) is 16.1 Å². The molecule has 2 aromatic heterocycles. The fraction of sp³-hybridized carbons (Fsp3) is 0.267. The van der Waals surface area contributed by atoms with Crippen LogP contribution in [0.1, 0.15) is 0 Å². The van der Waals surface area contributed by atoms with Gasteiger partial charge in [-0.3, -0.25) is 19.5 Å². The minimum Gasteiger partial charge on any atom is -0.383 e. The number of fused-ring (bicyclic) bond motifs is 1. The van der Waals surface area contributed by atoms with Gasteiger partial charge in [-0.1, -0.05) is 23.9 Å². The first-order chi connectivity index (χ1) is 12.2. The molecule has 2 heterocycles. The molecule has 0 atom stereocenters. The molecule has 130 valence electrons. The SMILES string of the molecule is COCCn1c(SCC(=O)Nc2ncn[nH]2)nc2ccccc2c1=O. The second kappa shape index (κ2) is 7.90. The van der Waals surface area contributed by atoms with E-state index in [0.29, 0.717) is 29.2 Å². The zero-order valence-corrected chi connectivity index (χ0v) is 14.2. The Kier molecular flexibility index (Phi) is 5.41. The number of aromatic nitrogens is 5. The van der Waals surface area contributed by atoms with Gasteiger partial charge in [0.05, 0.1) is 29.8 Å². The number of hydrogen-bond acceptors (Lipinski definition) is 7. The van der Waals surface area contributed by atoms with Crippen molar-refractivity contribution in [1.82, 2.24) is 24.7 Å². The van der Waals surface area contributed by atoms with Gasteiger partial charge in [0.15, 0.2) is 5.16 Å². The molecule has 9 nitrogen and oxygen atoms in total. The summed E-state index contributed by atoms with van der Waals surface area (Å²) in [6.45, 7) is 0.733. The fourth-order valence-electron chi connectivity index (χ4n) is 2.20. The lowest BCUT2D eigenvalue weighted by Crippen LogP contribution is -2.26. The number of thioether (sulfide) groups is 1. The van der Waals surface area contributed by atoms with E-state index >= 15 is 0 Å². The number of carbonyl (C=O) groups is 1. The molecule has 10 heteroatoms. The smallest absolute Gasteiger partial charge is 0.262 e. The third-order valence-corrected chi connectivity index (χ3v) is 4.33. The van der Waals surface area contributed by atoms with Crippen molar-refractivity contribution >= 4 is 34.5 Å². The van der Waals surface area contributed by atoms with Crippen LogP contribution in [0.5, 0.6) is 0 Å². The van der Waals surface area contributed by atoms with Crippen molar-refractivity contribution in [2.45, 2.75) is 11.7 Å². The van der Waals surface area contributed by atoms with E-state index in [1.165, 1.54) is 22.7 Å². The van der Waals surface area contributed by atoms with Crippen LogP contribution in [0.3, 0.4) is 0 Å². The Morgan fingerprint density at radius 3 is 3.00 bits per heavy atom. The highest BCUT2D eigenvalue weighted by Crippen LogP contribution is 2.18. The van der Waals surface area contributed by atoms with Gasteiger partial charge in [0.25, 0.3) is 5.56 Å². The molecule has 1 amide bonds. The summed E-state index contributed by atoms with van der Waals surface area (Å²) in [5.41, 5.74) is 0.445. The average molecular weight is 360 g/mol. The average Bonchev–Trinajstić information content (AvgIpc) is 3.12. The Bertz CT molecular complexity index is 925. The predicted molar refractivity (Wildman–Crippen MR) is 93.6 cm³/mol. The van der Waals surface area contributed by atoms with Crippen LogP contribution in [0.25, 0.3) is 10.9 Å². The van der Waals surface area contributed by atoms with Gasteiger partial charge in [0.2, 0.25) is 11.9 Å². The van der Waals surface area contributed by atoms with Crippen molar-refractivity contribution in [2.75, 3.05) is 24.8 Å². The van der Waals surface area contributed by atoms with Crippen LogP contribution >= 0.6 is 11.8 Å². The second-order valence-electron chi connectivity index (χ2n) is 5.03. The molecule has 0 fully saturated rings. The fourth-order valence-corrected chi connectivity index (χ4v) is 3.03. The molecule has 0 aliphatic heterocycles. The zero-order chi connectivity index (χ0) is 17.6. The highest BCUT2D eigenvalue weighted by molar-refractivity contribution is 7.99. The van der Waals surface area contributed by atoms with Gasteiger partial charge >= 0.3 is 0 Å². The summed E-state index contributed by atoms with van der Waals surface area (Å²) >= 11 is 1.18. The van der Waals surface area contributed by atoms with E-state index in [0.717, 1.165) is 0 Å². The maximum absolute atomic E-state index is 12.7. The lowest BCUT2D eigenvalue weighted by molar-refractivity contribution is -0.113. The van der Waals surface area contributed by atoms with Gasteiger partial charge in [-0.15, -0.1) is 0 Å². The number of nitrogens with zero attached hydrogens (tertiary/aromatic N) is 4. The number of aromatic amines is 1. The zero-order valence-electron chi connectivity index (χ0n) is 13.4. The minimum atomic E-state index is -0.276. The maximum Gasteiger partial charge on any atom is 0.262 e. The molecular formula is C15H16N6O3S. The first-order valence-corrected chi connectivity index (χ1v) is 8.44. The van der Waals surface area contributed by atoms with E-state index in [9.17, 15) is 9.59 Å². The molecule has 0 aliphatic rings. The van der Waals surface area contributed by atoms with Crippen molar-refractivity contribution in [2.24, 2.45) is 0 Å². The summed E-state index contributed by atoms with van der Waals surface area (Å²) in [6.07, 6.45) is 1.30. The second-order valence-corrected chi connectivity index (χ2v) is 5.97. The number of H-pyrrole nitrogens is 1. The number of amides is 1. The van der Waals surface area contributed by atoms with E-state index in [4.69, 9.17) is 4.74 Å². The highest BCUT2D eigenvalue weighted by atomic mass is 32.2. The van der Waals surface area contributed by atoms with Gasteiger partial charge in [-0.2, -0.15) is 10.1 Å². The van der Waals surface area contributed by atoms with Gasteiger partial charge in [0.1, 0.15) is 6.33 Å². The highest BCUT2D eigenvalue weighted by Gasteiger charge is 2.13. The molecule has 0 radical (unpaired) electrons. The third-order valence-electron chi connectivity index (χ3n) is 3.35. The van der Waals surface area contributed by atoms with Crippen LogP contribution in [-0.4, -0.2) is 50.1 Å². The number of benzene rings is 1. The number of ether oxygens (including phenoxy) is 1. The normalized spacial score (nSPS) is 10.9. The summed E-state index contributed by atoms with van der Waals surface area (Å²) in [5, 5.41) is 9.79. The minimum absolute atomic E-state index is 0.0818. The number of rotatable bonds is 7. The molecule has 0 unspecified atom stereocenters. The summed E-state index contributed by atoms with van der Waals surface area (Å²) in [4.78, 5) is 33.0. The van der Waals surface area contributed by atoms with E-state index in [2.05, 4.69) is 25.5 Å². The first kappa shape index (κ1) is 17.1. The maximum atomic E-state index is 12.7. The number of methoxy groups -OCH3 is 1. The molecule has 2 N–H and O–H groups in total. The first-order valence-electron chi connectivity index (χ1n) is 7.45. The molecule has 0 saturated carbocycles. The Hall–Kier alpha value is -2.72. The lowest BCUT2D eigenvalue weighted by atomic mass is 10.2. The summed E-state index contributed by atoms with van der Waals surface area (Å²) in [6, 6.07) is 7.12. The van der Waals surface area contributed by atoms with Crippen LogP contribution in [0.4, 0.5) is 5.95 Å². The van der Waals surface area contributed by atoms with Crippen LogP contribution in [0, 0.1) is 0 Å². The van der Waals surface area contributed by atoms with Crippen LogP contribution in [0.15, 0.2) is 40.5 Å². The molecule has 0 saturated heterocycles. The quantitative estimate of drug-likeness (QED) is 0.475. The van der Waals surface area contributed by atoms with Crippen molar-refractivity contribution in [3.8, 4) is 0 Å². The van der Waals surface area contributed by atoms with Crippen molar-refractivity contribution in [1.29, 1.82) is 0 Å². The largest absolute Gasteiger partial charge is 0.383 e. The number of carbonyl (C=O) groups excluding carboxylic acids is 1. The standard InChI is InChI=1S/C15H16N6O3S/c1-24-7-6-21-13(23)10-4-2-3-5-11(10)18-15(21)25-8-12(22)19-14-16-9-17-20-14/h2-5,9H,6-8H2,1H3,(H2,16,17,19,20,22). The number of hydrogen-bond donors (Lipinski definition) is 2. The Balaban J connectivity index is 1.83. The molecular weight excluding hydrogens is 344 g/mol. The summed E-state index contributed by atoms with van der Waals surface area (Å²) in [7, 11) is 1.57. The Morgan fingerprint density at radius 1 is 1.40 bits per heavy atom. The van der Waals surface area contributed by atoms with E-state index in [1.54, 1.807) is 25.3 Å². The van der Waals surface area contributed by atoms with Gasteiger partial charge in [-0.05, 0) is 12.1 Å². The molecule has 0 bridgehead atoms. The molecule has 3 aromatic rings. The van der Waals surface area contributed by atoms with Crippen LogP contribution < -0.4 is 10.9 Å². The van der Waals surface area contributed by atoms with Gasteiger partial charge < -0.3 is 4.74 Å². The molecule has 25 heavy (non-hydrogen) atoms. The Morgan fingerprint density at radius 2 is 2.24 bits per heavy atom. The summed E-state index contributed by atoms with van der Waals surface area (Å²) < 4.78 is 6.59. The lowest BCUT2D eigenvalue weighted by Gasteiger charge is -2.12. The van der Waals surface area contributed by atoms with Crippen molar-refractivity contribution in [3.05, 3.63) is 40.9 Å². The summed E-state index contributed by atoms with van der Waals surface area (Å²) in [5.74, 6) is 0.0784. The van der Waals surface area contributed by atoms with Gasteiger partial charge in [0, 0.05) is 7.11 Å². The van der Waals surface area contributed by atoms with E-state index < -0.39 is 0 Å². The Labute approximate surface area is 146 Å². The molecule has 3 rings (SSSR count). The number of anilines is 1. The van der Waals surface area contributed by atoms with Crippen molar-refractivity contribution in [3.63, 3.8) is 0 Å². The molecule has 0 aliphatic carbocycles. The number of nitrogens with one attached hydrogen (secondary N) is 2. The third kappa shape index (κ3) is 4.03. The van der Waals surface area contributed by atoms with Crippen LogP contribution in [0.2, 0.25) is 0 Å². The molecule has 0 spiro atoms. The van der Waals surface area contributed by atoms with E-state index in [-0.39, 0.29) is 23.2 Å². The van der Waals surface area contributed by atoms with E-state index in [1.807, 2.05) is 6.07 Å². The number of para-hydroxylation sites is 1.